The minimum atomic E-state index is -0.622. The van der Waals surface area contributed by atoms with E-state index in [4.69, 9.17) is 20.9 Å². The predicted octanol–water partition coefficient (Wildman–Crippen LogP) is 4.28. The van der Waals surface area contributed by atoms with Crippen molar-refractivity contribution < 1.29 is 23.2 Å². The van der Waals surface area contributed by atoms with Crippen molar-refractivity contribution >= 4 is 34.8 Å². The third kappa shape index (κ3) is 4.61. The van der Waals surface area contributed by atoms with Crippen LogP contribution < -0.4 is 10.6 Å². The minimum absolute atomic E-state index is 0.00709. The molecule has 0 radical (unpaired) electrons. The fourth-order valence-electron chi connectivity index (χ4n) is 2.73. The Hall–Kier alpha value is -3.23. The first-order valence-electron chi connectivity index (χ1n) is 8.51. The van der Waals surface area contributed by atoms with Gasteiger partial charge in [-0.3, -0.25) is 9.59 Å². The normalized spacial score (nSPS) is 10.6. The molecule has 9 heteroatoms. The van der Waals surface area contributed by atoms with E-state index in [1.165, 1.54) is 25.3 Å². The highest BCUT2D eigenvalue weighted by Crippen LogP contribution is 2.33. The molecule has 0 aliphatic rings. The van der Waals surface area contributed by atoms with Crippen LogP contribution in [0.5, 0.6) is 0 Å². The molecular weight excluding hydrogens is 401 g/mol. The van der Waals surface area contributed by atoms with Gasteiger partial charge in [-0.05, 0) is 37.3 Å². The largest absolute Gasteiger partial charge is 0.375 e. The topological polar surface area (TPSA) is 93.5 Å². The number of anilines is 2. The van der Waals surface area contributed by atoms with Gasteiger partial charge in [-0.25, -0.2) is 4.39 Å². The number of ether oxygens (including phenoxy) is 1. The lowest BCUT2D eigenvalue weighted by Crippen LogP contribution is -2.17. The van der Waals surface area contributed by atoms with E-state index in [1.807, 2.05) is 0 Å². The number of hydrogen-bond donors (Lipinski definition) is 2. The summed E-state index contributed by atoms with van der Waals surface area (Å²) in [6.45, 7) is 1.45. The van der Waals surface area contributed by atoms with Crippen LogP contribution in [0.2, 0.25) is 5.02 Å². The number of benzene rings is 2. The van der Waals surface area contributed by atoms with Crippen molar-refractivity contribution in [2.45, 2.75) is 6.92 Å². The van der Waals surface area contributed by atoms with Crippen molar-refractivity contribution in [3.05, 3.63) is 64.6 Å². The van der Waals surface area contributed by atoms with Crippen molar-refractivity contribution in [3.63, 3.8) is 0 Å². The van der Waals surface area contributed by atoms with Crippen LogP contribution in [-0.4, -0.2) is 30.7 Å². The number of rotatable bonds is 6. The van der Waals surface area contributed by atoms with Crippen molar-refractivity contribution in [2.24, 2.45) is 0 Å². The van der Waals surface area contributed by atoms with Crippen LogP contribution in [0.4, 0.5) is 15.8 Å². The second kappa shape index (κ2) is 8.85. The Bertz CT molecular complexity index is 1050. The maximum absolute atomic E-state index is 14.3. The van der Waals surface area contributed by atoms with Gasteiger partial charge in [0.1, 0.15) is 29.4 Å². The van der Waals surface area contributed by atoms with Crippen LogP contribution in [0.25, 0.3) is 11.3 Å². The molecule has 0 atom stereocenters. The van der Waals surface area contributed by atoms with Crippen molar-refractivity contribution in [3.8, 4) is 11.3 Å². The second-order valence-corrected chi connectivity index (χ2v) is 6.48. The molecule has 150 valence electrons. The molecule has 2 N–H and O–H groups in total. The van der Waals surface area contributed by atoms with Crippen LogP contribution in [-0.2, 0) is 9.53 Å². The van der Waals surface area contributed by atoms with E-state index >= 15 is 0 Å². The predicted molar refractivity (Wildman–Crippen MR) is 107 cm³/mol. The number of nitrogens with zero attached hydrogens (tertiary/aromatic N) is 1. The van der Waals surface area contributed by atoms with E-state index in [-0.39, 0.29) is 40.1 Å². The molecule has 0 spiro atoms. The Morgan fingerprint density at radius 3 is 2.55 bits per heavy atom. The molecule has 3 rings (SSSR count). The average molecular weight is 418 g/mol. The number of nitrogens with one attached hydrogen (secondary N) is 2. The zero-order valence-corrected chi connectivity index (χ0v) is 16.3. The summed E-state index contributed by atoms with van der Waals surface area (Å²) in [5.74, 6) is -1.30. The Morgan fingerprint density at radius 1 is 1.17 bits per heavy atom. The van der Waals surface area contributed by atoms with Crippen LogP contribution in [0, 0.1) is 12.7 Å². The van der Waals surface area contributed by atoms with E-state index in [9.17, 15) is 14.0 Å². The lowest BCUT2D eigenvalue weighted by Gasteiger charge is -2.09. The third-order valence-corrected chi connectivity index (χ3v) is 4.28. The average Bonchev–Trinajstić information content (AvgIpc) is 3.03. The summed E-state index contributed by atoms with van der Waals surface area (Å²) in [4.78, 5) is 24.5. The lowest BCUT2D eigenvalue weighted by molar-refractivity contribution is -0.119. The molecule has 0 saturated carbocycles. The second-order valence-electron chi connectivity index (χ2n) is 6.08. The first kappa shape index (κ1) is 20.5. The fraction of sp³-hybridized carbons (Fsp3) is 0.150. The summed E-state index contributed by atoms with van der Waals surface area (Å²) >= 11 is 6.10. The first-order chi connectivity index (χ1) is 13.9. The SMILES string of the molecule is COCC(=O)Nc1cccc(NC(=O)c2c(-c3c(F)cccc3Cl)noc2C)c1. The summed E-state index contributed by atoms with van der Waals surface area (Å²) in [5.41, 5.74) is 0.941. The van der Waals surface area contributed by atoms with Crippen molar-refractivity contribution in [1.29, 1.82) is 0 Å². The van der Waals surface area contributed by atoms with Gasteiger partial charge in [0.2, 0.25) is 5.91 Å². The number of carbonyl (C=O) groups excluding carboxylic acids is 2. The molecule has 29 heavy (non-hydrogen) atoms. The number of halogens is 2. The van der Waals surface area contributed by atoms with Crippen LogP contribution in [0.3, 0.4) is 0 Å². The van der Waals surface area contributed by atoms with Gasteiger partial charge in [-0.15, -0.1) is 0 Å². The van der Waals surface area contributed by atoms with Crippen molar-refractivity contribution in [1.82, 2.24) is 5.16 Å². The molecule has 0 fully saturated rings. The molecule has 3 aromatic rings. The molecule has 1 aromatic heterocycles. The molecule has 0 unspecified atom stereocenters. The Morgan fingerprint density at radius 2 is 1.86 bits per heavy atom. The summed E-state index contributed by atoms with van der Waals surface area (Å²) in [7, 11) is 1.41. The zero-order chi connectivity index (χ0) is 21.0. The minimum Gasteiger partial charge on any atom is -0.375 e. The number of aryl methyl sites for hydroxylation is 1. The number of methoxy groups -OCH3 is 1. The summed E-state index contributed by atoms with van der Waals surface area (Å²) in [5, 5.41) is 9.26. The maximum atomic E-state index is 14.3. The first-order valence-corrected chi connectivity index (χ1v) is 8.89. The molecule has 0 aliphatic carbocycles. The fourth-order valence-corrected chi connectivity index (χ4v) is 2.98. The molecule has 2 aromatic carbocycles. The van der Waals surface area contributed by atoms with E-state index in [1.54, 1.807) is 31.2 Å². The van der Waals surface area contributed by atoms with Gasteiger partial charge in [0.25, 0.3) is 5.91 Å². The molecule has 0 aliphatic heterocycles. The highest BCUT2D eigenvalue weighted by molar-refractivity contribution is 6.33. The standard InChI is InChI=1S/C20H17ClFN3O4/c1-11-17(19(25-29-11)18-14(21)7-4-8-15(18)22)20(27)24-13-6-3-5-12(9-13)23-16(26)10-28-2/h3-9H,10H2,1-2H3,(H,23,26)(H,24,27). The maximum Gasteiger partial charge on any atom is 0.261 e. The Balaban J connectivity index is 1.88. The van der Waals surface area contributed by atoms with Crippen LogP contribution in [0.15, 0.2) is 47.0 Å². The highest BCUT2D eigenvalue weighted by atomic mass is 35.5. The third-order valence-electron chi connectivity index (χ3n) is 3.97. The Kier molecular flexibility index (Phi) is 6.26. The smallest absolute Gasteiger partial charge is 0.261 e. The monoisotopic (exact) mass is 417 g/mol. The number of carbonyl (C=O) groups is 2. The highest BCUT2D eigenvalue weighted by Gasteiger charge is 2.25. The van der Waals surface area contributed by atoms with E-state index < -0.39 is 11.7 Å². The quantitative estimate of drug-likeness (QED) is 0.624. The van der Waals surface area contributed by atoms with Gasteiger partial charge in [0.15, 0.2) is 0 Å². The van der Waals surface area contributed by atoms with Gasteiger partial charge in [-0.2, -0.15) is 0 Å². The van der Waals surface area contributed by atoms with Gasteiger partial charge in [0, 0.05) is 18.5 Å². The van der Waals surface area contributed by atoms with Crippen molar-refractivity contribution in [2.75, 3.05) is 24.4 Å². The molecule has 1 heterocycles. The van der Waals surface area contributed by atoms with E-state index in [2.05, 4.69) is 15.8 Å². The molecule has 7 nitrogen and oxygen atoms in total. The number of aromatic nitrogens is 1. The number of hydrogen-bond acceptors (Lipinski definition) is 5. The molecule has 0 saturated heterocycles. The van der Waals surface area contributed by atoms with Gasteiger partial charge in [0.05, 0.1) is 10.6 Å². The molecule has 2 amide bonds. The summed E-state index contributed by atoms with van der Waals surface area (Å²) in [6, 6.07) is 10.7. The molecular formula is C20H17ClFN3O4. The number of amides is 2. The summed E-state index contributed by atoms with van der Waals surface area (Å²) in [6.07, 6.45) is 0. The zero-order valence-electron chi connectivity index (χ0n) is 15.6. The molecule has 0 bridgehead atoms. The van der Waals surface area contributed by atoms with Crippen LogP contribution in [0.1, 0.15) is 16.1 Å². The van der Waals surface area contributed by atoms with E-state index in [0.717, 1.165) is 0 Å². The van der Waals surface area contributed by atoms with Gasteiger partial charge < -0.3 is 19.9 Å². The van der Waals surface area contributed by atoms with Crippen LogP contribution >= 0.6 is 11.6 Å². The lowest BCUT2D eigenvalue weighted by atomic mass is 10.0. The van der Waals surface area contributed by atoms with E-state index in [0.29, 0.717) is 11.4 Å². The van der Waals surface area contributed by atoms with Gasteiger partial charge >= 0.3 is 0 Å². The van der Waals surface area contributed by atoms with Gasteiger partial charge in [-0.1, -0.05) is 28.9 Å². The summed E-state index contributed by atoms with van der Waals surface area (Å²) < 4.78 is 24.2. The Labute approximate surface area is 170 Å².